The van der Waals surface area contributed by atoms with Crippen LogP contribution in [0.3, 0.4) is 0 Å². The molecule has 0 amide bonds. The molecule has 124 valence electrons. The van der Waals surface area contributed by atoms with Crippen molar-refractivity contribution in [1.82, 2.24) is 4.90 Å². The molecule has 0 saturated heterocycles. The molecule has 0 aliphatic rings. The third-order valence-corrected chi connectivity index (χ3v) is 2.26. The van der Waals surface area contributed by atoms with E-state index in [1.54, 1.807) is 20.8 Å². The van der Waals surface area contributed by atoms with Crippen LogP contribution in [0.4, 0.5) is 0 Å². The number of carbonyl (C=O) groups is 2. The summed E-state index contributed by atoms with van der Waals surface area (Å²) in [6, 6.07) is 0. The van der Waals surface area contributed by atoms with Gasteiger partial charge in [-0.15, -0.1) is 0 Å². The average Bonchev–Trinajstić information content (AvgIpc) is 2.07. The first-order valence-corrected chi connectivity index (χ1v) is 7.07. The average molecular weight is 303 g/mol. The van der Waals surface area contributed by atoms with Gasteiger partial charge in [-0.1, -0.05) is 0 Å². The van der Waals surface area contributed by atoms with Gasteiger partial charge in [-0.25, -0.2) is 0 Å². The van der Waals surface area contributed by atoms with Crippen molar-refractivity contribution in [1.29, 1.82) is 0 Å². The van der Waals surface area contributed by atoms with Crippen LogP contribution in [0, 0.1) is 0 Å². The van der Waals surface area contributed by atoms with Crippen LogP contribution in [0.1, 0.15) is 47.5 Å². The summed E-state index contributed by atoms with van der Waals surface area (Å²) in [5.74, 6) is -0.941. The van der Waals surface area contributed by atoms with E-state index in [-0.39, 0.29) is 12.8 Å². The lowest BCUT2D eigenvalue weighted by Gasteiger charge is -2.25. The predicted molar refractivity (Wildman–Crippen MR) is 79.8 cm³/mol. The molecule has 0 aromatic carbocycles. The first-order chi connectivity index (χ1) is 9.28. The van der Waals surface area contributed by atoms with Gasteiger partial charge in [0.25, 0.3) is 0 Å². The van der Waals surface area contributed by atoms with Crippen molar-refractivity contribution in [2.24, 2.45) is 0 Å². The van der Waals surface area contributed by atoms with E-state index < -0.39 is 29.2 Å². The molecule has 0 spiro atoms. The highest BCUT2D eigenvalue weighted by molar-refractivity contribution is 5.73. The topological polar surface area (TPSA) is 76.1 Å². The number of nitrogens with zero attached hydrogens (tertiary/aromatic N) is 1. The highest BCUT2D eigenvalue weighted by atomic mass is 16.6. The largest absolute Gasteiger partial charge is 0.460 e. The Balaban J connectivity index is 4.59. The van der Waals surface area contributed by atoms with Crippen molar-refractivity contribution in [2.75, 3.05) is 20.6 Å². The molecule has 0 aromatic heterocycles. The summed E-state index contributed by atoms with van der Waals surface area (Å²) < 4.78 is 10.5. The van der Waals surface area contributed by atoms with Gasteiger partial charge in [0.05, 0.1) is 18.4 Å². The van der Waals surface area contributed by atoms with E-state index >= 15 is 0 Å². The summed E-state index contributed by atoms with van der Waals surface area (Å²) in [4.78, 5) is 25.4. The molecule has 0 aliphatic carbocycles. The molecule has 1 N–H and O–H groups in total. The Morgan fingerprint density at radius 3 is 2.00 bits per heavy atom. The van der Waals surface area contributed by atoms with E-state index in [4.69, 9.17) is 9.47 Å². The van der Waals surface area contributed by atoms with Crippen LogP contribution in [0.2, 0.25) is 0 Å². The van der Waals surface area contributed by atoms with Gasteiger partial charge in [-0.3, -0.25) is 9.59 Å². The molecule has 0 rings (SSSR count). The van der Waals surface area contributed by atoms with E-state index in [1.165, 1.54) is 13.8 Å². The minimum Gasteiger partial charge on any atom is -0.460 e. The molecule has 0 radical (unpaired) electrons. The molecule has 21 heavy (non-hydrogen) atoms. The highest BCUT2D eigenvalue weighted by Crippen LogP contribution is 2.14. The summed E-state index contributed by atoms with van der Waals surface area (Å²) in [6.45, 7) is 8.83. The van der Waals surface area contributed by atoms with Gasteiger partial charge in [0.15, 0.2) is 0 Å². The molecule has 6 heteroatoms. The monoisotopic (exact) mass is 303 g/mol. The maximum atomic E-state index is 11.8. The molecule has 0 saturated carbocycles. The van der Waals surface area contributed by atoms with E-state index in [1.807, 2.05) is 19.0 Å². The third-order valence-electron chi connectivity index (χ3n) is 2.26. The molecular weight excluding hydrogens is 274 g/mol. The van der Waals surface area contributed by atoms with Crippen LogP contribution in [-0.2, 0) is 19.1 Å². The van der Waals surface area contributed by atoms with Crippen molar-refractivity contribution in [3.63, 3.8) is 0 Å². The van der Waals surface area contributed by atoms with Crippen molar-refractivity contribution in [3.8, 4) is 0 Å². The maximum Gasteiger partial charge on any atom is 0.310 e. The zero-order chi connectivity index (χ0) is 16.8. The Morgan fingerprint density at radius 2 is 1.62 bits per heavy atom. The standard InChI is InChI=1S/C15H29NO5/c1-14(2,3)21-12(17)8-11(10-16(6)7)20-13(18)9-15(4,5)19/h11,19H,8-10H2,1-7H3. The van der Waals surface area contributed by atoms with Crippen LogP contribution in [0.5, 0.6) is 0 Å². The van der Waals surface area contributed by atoms with Crippen LogP contribution in [0.25, 0.3) is 0 Å². The van der Waals surface area contributed by atoms with Gasteiger partial charge >= 0.3 is 11.9 Å². The lowest BCUT2D eigenvalue weighted by molar-refractivity contribution is -0.163. The van der Waals surface area contributed by atoms with Gasteiger partial charge < -0.3 is 19.5 Å². The maximum absolute atomic E-state index is 11.8. The van der Waals surface area contributed by atoms with Gasteiger partial charge in [-0.05, 0) is 48.7 Å². The molecule has 1 unspecified atom stereocenters. The Bertz CT molecular complexity index is 322. The van der Waals surface area contributed by atoms with Crippen molar-refractivity contribution >= 4 is 11.9 Å². The Kier molecular flexibility index (Phi) is 7.33. The van der Waals surface area contributed by atoms with Crippen molar-refractivity contribution in [2.45, 2.75) is 64.8 Å². The zero-order valence-corrected chi connectivity index (χ0v) is 14.2. The van der Waals surface area contributed by atoms with Gasteiger partial charge in [0.1, 0.15) is 11.7 Å². The van der Waals surface area contributed by atoms with Crippen LogP contribution >= 0.6 is 0 Å². The van der Waals surface area contributed by atoms with Crippen LogP contribution in [-0.4, -0.2) is 59.9 Å². The quantitative estimate of drug-likeness (QED) is 0.716. The number of ether oxygens (including phenoxy) is 2. The van der Waals surface area contributed by atoms with Crippen molar-refractivity contribution in [3.05, 3.63) is 0 Å². The summed E-state index contributed by atoms with van der Waals surface area (Å²) >= 11 is 0. The fourth-order valence-electron chi connectivity index (χ4n) is 1.70. The van der Waals surface area contributed by atoms with E-state index in [0.29, 0.717) is 6.54 Å². The van der Waals surface area contributed by atoms with E-state index in [2.05, 4.69) is 0 Å². The number of rotatable bonds is 7. The van der Waals surface area contributed by atoms with E-state index in [0.717, 1.165) is 0 Å². The first kappa shape index (κ1) is 19.9. The smallest absolute Gasteiger partial charge is 0.310 e. The SMILES string of the molecule is CN(C)CC(CC(=O)OC(C)(C)C)OC(=O)CC(C)(C)O. The Morgan fingerprint density at radius 1 is 1.10 bits per heavy atom. The number of carbonyl (C=O) groups excluding carboxylic acids is 2. The second kappa shape index (κ2) is 7.75. The fraction of sp³-hybridized carbons (Fsp3) is 0.867. The molecular formula is C15H29NO5. The third kappa shape index (κ3) is 12.3. The summed E-state index contributed by atoms with van der Waals surface area (Å²) in [5, 5.41) is 9.61. The number of esters is 2. The summed E-state index contributed by atoms with van der Waals surface area (Å²) in [6.07, 6.45) is -0.720. The number of hydrogen-bond acceptors (Lipinski definition) is 6. The predicted octanol–water partition coefficient (Wildman–Crippen LogP) is 1.35. The summed E-state index contributed by atoms with van der Waals surface area (Å²) in [5.41, 5.74) is -1.71. The number of aliphatic hydroxyl groups is 1. The van der Waals surface area contributed by atoms with Crippen LogP contribution in [0.15, 0.2) is 0 Å². The molecule has 0 fully saturated rings. The van der Waals surface area contributed by atoms with E-state index in [9.17, 15) is 14.7 Å². The van der Waals surface area contributed by atoms with Crippen LogP contribution < -0.4 is 0 Å². The lowest BCUT2D eigenvalue weighted by atomic mass is 10.1. The minimum absolute atomic E-state index is 0.00690. The number of likely N-dealkylation sites (N-methyl/N-ethyl adjacent to an activating group) is 1. The molecule has 0 heterocycles. The molecule has 6 nitrogen and oxygen atoms in total. The highest BCUT2D eigenvalue weighted by Gasteiger charge is 2.26. The van der Waals surface area contributed by atoms with Crippen molar-refractivity contribution < 1.29 is 24.2 Å². The molecule has 0 aliphatic heterocycles. The van der Waals surface area contributed by atoms with Gasteiger partial charge in [0, 0.05) is 6.54 Å². The first-order valence-electron chi connectivity index (χ1n) is 7.07. The van der Waals surface area contributed by atoms with Gasteiger partial charge in [0.2, 0.25) is 0 Å². The molecule has 0 bridgehead atoms. The number of hydrogen-bond donors (Lipinski definition) is 1. The normalized spacial score (nSPS) is 14.0. The summed E-state index contributed by atoms with van der Waals surface area (Å²) in [7, 11) is 3.65. The van der Waals surface area contributed by atoms with Gasteiger partial charge in [-0.2, -0.15) is 0 Å². The molecule has 1 atom stereocenters. The second-order valence-corrected chi connectivity index (χ2v) is 7.15. The lowest BCUT2D eigenvalue weighted by Crippen LogP contribution is -2.36. The zero-order valence-electron chi connectivity index (χ0n) is 14.2. The fourth-order valence-corrected chi connectivity index (χ4v) is 1.70. The molecule has 0 aromatic rings. The second-order valence-electron chi connectivity index (χ2n) is 7.15. The Hall–Kier alpha value is -1.14. The Labute approximate surface area is 127 Å². The minimum atomic E-state index is -1.13.